The summed E-state index contributed by atoms with van der Waals surface area (Å²) in [4.78, 5) is 12.9. The fourth-order valence-electron chi connectivity index (χ4n) is 1.49. The van der Waals surface area contributed by atoms with Gasteiger partial charge in [0.1, 0.15) is 0 Å². The quantitative estimate of drug-likeness (QED) is 0.670. The number of nitrogens with zero attached hydrogens (tertiary/aromatic N) is 2. The van der Waals surface area contributed by atoms with Crippen molar-refractivity contribution in [3.05, 3.63) is 46.7 Å². The van der Waals surface area contributed by atoms with Crippen LogP contribution < -0.4 is 0 Å². The van der Waals surface area contributed by atoms with Gasteiger partial charge >= 0.3 is 0 Å². The van der Waals surface area contributed by atoms with Crippen molar-refractivity contribution in [1.29, 1.82) is 0 Å². The first kappa shape index (κ1) is 9.30. The molecule has 0 aliphatic rings. The van der Waals surface area contributed by atoms with Crippen LogP contribution in [0.3, 0.4) is 0 Å². The Balaban J connectivity index is 1.95. The van der Waals surface area contributed by atoms with E-state index in [1.165, 1.54) is 0 Å². The molecule has 1 N–H and O–H groups in total. The zero-order valence-corrected chi connectivity index (χ0v) is 9.24. The number of hydrogen-bond donors (Lipinski definition) is 1. The highest BCUT2D eigenvalue weighted by atomic mass is 32.1. The lowest BCUT2D eigenvalue weighted by Crippen LogP contribution is -1.72. The highest BCUT2D eigenvalue weighted by Gasteiger charge is 1.98. The normalized spacial score (nSPS) is 11.5. The summed E-state index contributed by atoms with van der Waals surface area (Å²) in [6, 6.07) is 11.9. The molecule has 2 heterocycles. The third-order valence-electron chi connectivity index (χ3n) is 2.23. The van der Waals surface area contributed by atoms with Gasteiger partial charge in [0.25, 0.3) is 0 Å². The lowest BCUT2D eigenvalue weighted by Gasteiger charge is -1.83. The van der Waals surface area contributed by atoms with Crippen LogP contribution in [0.1, 0.15) is 4.88 Å². The van der Waals surface area contributed by atoms with Crippen molar-refractivity contribution in [2.75, 3.05) is 0 Å². The number of aliphatic imine (C=N–C) groups is 1. The third-order valence-corrected chi connectivity index (χ3v) is 3.04. The predicted octanol–water partition coefficient (Wildman–Crippen LogP) is 3.38. The molecule has 1 aromatic carbocycles. The summed E-state index contributed by atoms with van der Waals surface area (Å²) >= 11 is 1.66. The molecular formula is C12H9N3S. The van der Waals surface area contributed by atoms with E-state index < -0.39 is 0 Å². The minimum absolute atomic E-state index is 0.648. The maximum Gasteiger partial charge on any atom is 0.227 e. The number of H-pyrrole nitrogens is 1. The van der Waals surface area contributed by atoms with E-state index in [0.29, 0.717) is 5.95 Å². The predicted molar refractivity (Wildman–Crippen MR) is 67.7 cm³/mol. The number of aromatic amines is 1. The molecule has 0 saturated heterocycles. The SMILES string of the molecule is C(=Nc1nc2ccccc2[nH]1)c1cccs1. The van der Waals surface area contributed by atoms with Crippen LogP contribution in [0.25, 0.3) is 11.0 Å². The molecule has 4 heteroatoms. The summed E-state index contributed by atoms with van der Waals surface area (Å²) in [7, 11) is 0. The standard InChI is InChI=1S/C12H9N3S/c1-2-6-11-10(5-1)14-12(15-11)13-8-9-4-3-7-16-9/h1-8H,(H,14,15). The van der Waals surface area contributed by atoms with Crippen molar-refractivity contribution < 1.29 is 0 Å². The van der Waals surface area contributed by atoms with Gasteiger partial charge in [-0.1, -0.05) is 18.2 Å². The molecule has 0 bridgehead atoms. The van der Waals surface area contributed by atoms with Crippen LogP contribution in [0.15, 0.2) is 46.8 Å². The summed E-state index contributed by atoms with van der Waals surface area (Å²) < 4.78 is 0. The molecule has 0 atom stereocenters. The van der Waals surface area contributed by atoms with Crippen LogP contribution in [0.2, 0.25) is 0 Å². The molecule has 3 rings (SSSR count). The molecular weight excluding hydrogens is 218 g/mol. The van der Waals surface area contributed by atoms with Crippen LogP contribution in [0.5, 0.6) is 0 Å². The van der Waals surface area contributed by atoms with E-state index in [4.69, 9.17) is 0 Å². The van der Waals surface area contributed by atoms with Gasteiger partial charge in [0.05, 0.1) is 11.0 Å². The van der Waals surface area contributed by atoms with Gasteiger partial charge in [0, 0.05) is 11.1 Å². The second-order valence-corrected chi connectivity index (χ2v) is 4.33. The highest BCUT2D eigenvalue weighted by Crippen LogP contribution is 2.15. The zero-order chi connectivity index (χ0) is 10.8. The van der Waals surface area contributed by atoms with E-state index in [1.807, 2.05) is 48.0 Å². The zero-order valence-electron chi connectivity index (χ0n) is 8.42. The molecule has 0 amide bonds. The Hall–Kier alpha value is -1.94. The molecule has 0 saturated carbocycles. The van der Waals surface area contributed by atoms with Gasteiger partial charge in [-0.25, -0.2) is 9.98 Å². The van der Waals surface area contributed by atoms with Gasteiger partial charge in [-0.05, 0) is 23.6 Å². The number of thiophene rings is 1. The summed E-state index contributed by atoms with van der Waals surface area (Å²) in [5.74, 6) is 0.648. The van der Waals surface area contributed by atoms with Crippen molar-refractivity contribution in [2.45, 2.75) is 0 Å². The molecule has 0 spiro atoms. The highest BCUT2D eigenvalue weighted by molar-refractivity contribution is 7.11. The van der Waals surface area contributed by atoms with Gasteiger partial charge in [-0.15, -0.1) is 11.3 Å². The third kappa shape index (κ3) is 1.75. The molecule has 16 heavy (non-hydrogen) atoms. The average molecular weight is 227 g/mol. The second kappa shape index (κ2) is 3.90. The van der Waals surface area contributed by atoms with E-state index in [9.17, 15) is 0 Å². The first-order valence-corrected chi connectivity index (χ1v) is 5.82. The molecule has 0 fully saturated rings. The van der Waals surface area contributed by atoms with Crippen molar-refractivity contribution in [3.63, 3.8) is 0 Å². The number of aromatic nitrogens is 2. The van der Waals surface area contributed by atoms with Crippen molar-refractivity contribution in [3.8, 4) is 0 Å². The monoisotopic (exact) mass is 227 g/mol. The van der Waals surface area contributed by atoms with E-state index in [-0.39, 0.29) is 0 Å². The topological polar surface area (TPSA) is 41.0 Å². The minimum Gasteiger partial charge on any atom is -0.322 e. The summed E-state index contributed by atoms with van der Waals surface area (Å²) in [5.41, 5.74) is 1.96. The maximum absolute atomic E-state index is 4.36. The number of hydrogen-bond acceptors (Lipinski definition) is 3. The number of nitrogens with one attached hydrogen (secondary N) is 1. The lowest BCUT2D eigenvalue weighted by atomic mass is 10.3. The first-order chi connectivity index (χ1) is 7.92. The summed E-state index contributed by atoms with van der Waals surface area (Å²) in [5, 5.41) is 2.03. The van der Waals surface area contributed by atoms with Gasteiger partial charge in [-0.2, -0.15) is 0 Å². The minimum atomic E-state index is 0.648. The summed E-state index contributed by atoms with van der Waals surface area (Å²) in [6.45, 7) is 0. The van der Waals surface area contributed by atoms with Crippen molar-refractivity contribution in [2.24, 2.45) is 4.99 Å². The Kier molecular flexibility index (Phi) is 2.27. The largest absolute Gasteiger partial charge is 0.322 e. The van der Waals surface area contributed by atoms with E-state index >= 15 is 0 Å². The van der Waals surface area contributed by atoms with Crippen LogP contribution in [0.4, 0.5) is 5.95 Å². The molecule has 0 aliphatic carbocycles. The van der Waals surface area contributed by atoms with Gasteiger partial charge in [0.2, 0.25) is 5.95 Å². The molecule has 2 aromatic heterocycles. The molecule has 0 aliphatic heterocycles. The van der Waals surface area contributed by atoms with Gasteiger partial charge in [-0.3, -0.25) is 0 Å². The molecule has 78 valence electrons. The fraction of sp³-hybridized carbons (Fsp3) is 0. The second-order valence-electron chi connectivity index (χ2n) is 3.35. The Morgan fingerprint density at radius 1 is 1.19 bits per heavy atom. The van der Waals surface area contributed by atoms with Crippen molar-refractivity contribution in [1.82, 2.24) is 9.97 Å². The Bertz CT molecular complexity index is 590. The van der Waals surface area contributed by atoms with E-state index in [2.05, 4.69) is 15.0 Å². The first-order valence-electron chi connectivity index (χ1n) is 4.94. The molecule has 3 nitrogen and oxygen atoms in total. The lowest BCUT2D eigenvalue weighted by molar-refractivity contribution is 1.27. The Morgan fingerprint density at radius 3 is 2.94 bits per heavy atom. The number of fused-ring (bicyclic) bond motifs is 1. The van der Waals surface area contributed by atoms with Gasteiger partial charge < -0.3 is 4.98 Å². The van der Waals surface area contributed by atoms with Crippen LogP contribution >= 0.6 is 11.3 Å². The van der Waals surface area contributed by atoms with E-state index in [1.54, 1.807) is 11.3 Å². The van der Waals surface area contributed by atoms with Crippen LogP contribution in [0, 0.1) is 0 Å². The number of benzene rings is 1. The molecule has 0 radical (unpaired) electrons. The van der Waals surface area contributed by atoms with Gasteiger partial charge in [0.15, 0.2) is 0 Å². The number of imidazole rings is 1. The number of rotatable bonds is 2. The van der Waals surface area contributed by atoms with E-state index in [0.717, 1.165) is 15.9 Å². The number of para-hydroxylation sites is 2. The molecule has 3 aromatic rings. The summed E-state index contributed by atoms with van der Waals surface area (Å²) in [6.07, 6.45) is 1.82. The Morgan fingerprint density at radius 2 is 2.12 bits per heavy atom. The molecule has 0 unspecified atom stereocenters. The van der Waals surface area contributed by atoms with Crippen LogP contribution in [-0.4, -0.2) is 16.2 Å². The fourth-order valence-corrected chi connectivity index (χ4v) is 2.07. The Labute approximate surface area is 96.5 Å². The van der Waals surface area contributed by atoms with Crippen LogP contribution in [-0.2, 0) is 0 Å². The maximum atomic E-state index is 4.36. The average Bonchev–Trinajstić information content (AvgIpc) is 2.95. The van der Waals surface area contributed by atoms with Crippen molar-refractivity contribution >= 4 is 34.5 Å². The smallest absolute Gasteiger partial charge is 0.227 e.